The highest BCUT2D eigenvalue weighted by molar-refractivity contribution is 6.31. The van der Waals surface area contributed by atoms with Gasteiger partial charge in [0, 0.05) is 11.6 Å². The van der Waals surface area contributed by atoms with Crippen LogP contribution in [0.25, 0.3) is 0 Å². The molecule has 0 spiro atoms. The number of carbonyl (C=O) groups is 1. The van der Waals surface area contributed by atoms with E-state index in [1.54, 1.807) is 18.2 Å². The van der Waals surface area contributed by atoms with Gasteiger partial charge in [-0.3, -0.25) is 4.79 Å². The molecule has 20 heavy (non-hydrogen) atoms. The number of phenolic OH excluding ortho intramolecular Hbond substituents is 1. The fraction of sp³-hybridized carbons (Fsp3) is 0.133. The minimum atomic E-state index is -0.388. The molecule has 2 aromatic rings. The fourth-order valence-corrected chi connectivity index (χ4v) is 1.99. The molecule has 0 aliphatic heterocycles. The lowest BCUT2D eigenvalue weighted by Gasteiger charge is -2.10. The van der Waals surface area contributed by atoms with Crippen molar-refractivity contribution < 1.29 is 14.6 Å². The zero-order chi connectivity index (χ0) is 14.5. The molecule has 104 valence electrons. The maximum Gasteiger partial charge on any atom is 0.255 e. The molecule has 2 rings (SSSR count). The zero-order valence-corrected chi connectivity index (χ0v) is 11.6. The van der Waals surface area contributed by atoms with Gasteiger partial charge in [0.25, 0.3) is 5.91 Å². The summed E-state index contributed by atoms with van der Waals surface area (Å²) in [4.78, 5) is 12.0. The van der Waals surface area contributed by atoms with E-state index in [9.17, 15) is 9.90 Å². The molecule has 2 aromatic carbocycles. The Labute approximate surface area is 122 Å². The summed E-state index contributed by atoms with van der Waals surface area (Å²) >= 11 is 6.01. The highest BCUT2D eigenvalue weighted by Crippen LogP contribution is 2.29. The summed E-state index contributed by atoms with van der Waals surface area (Å²) < 4.78 is 4.97. The Morgan fingerprint density at radius 1 is 1.25 bits per heavy atom. The Bertz CT molecular complexity index is 628. The number of aromatic hydroxyl groups is 1. The van der Waals surface area contributed by atoms with Crippen LogP contribution in [0.2, 0.25) is 5.02 Å². The van der Waals surface area contributed by atoms with Crippen molar-refractivity contribution in [2.75, 3.05) is 7.11 Å². The van der Waals surface area contributed by atoms with Crippen LogP contribution in [0.5, 0.6) is 11.5 Å². The maximum atomic E-state index is 12.0. The van der Waals surface area contributed by atoms with E-state index < -0.39 is 0 Å². The number of hydrogen-bond donors (Lipinski definition) is 2. The van der Waals surface area contributed by atoms with Crippen LogP contribution in [-0.4, -0.2) is 18.1 Å². The van der Waals surface area contributed by atoms with Crippen molar-refractivity contribution in [3.8, 4) is 11.5 Å². The molecule has 0 saturated carbocycles. The Hall–Kier alpha value is -2.20. The maximum absolute atomic E-state index is 12.0. The minimum Gasteiger partial charge on any atom is -0.504 e. The van der Waals surface area contributed by atoms with E-state index in [4.69, 9.17) is 16.3 Å². The smallest absolute Gasteiger partial charge is 0.255 e. The highest BCUT2D eigenvalue weighted by atomic mass is 35.5. The second kappa shape index (κ2) is 6.30. The Morgan fingerprint density at radius 3 is 2.70 bits per heavy atom. The topological polar surface area (TPSA) is 58.6 Å². The van der Waals surface area contributed by atoms with Crippen LogP contribution in [0.4, 0.5) is 0 Å². The number of phenols is 1. The molecule has 0 unspecified atom stereocenters. The molecule has 1 amide bonds. The first-order chi connectivity index (χ1) is 9.63. The second-order valence-electron chi connectivity index (χ2n) is 4.13. The average Bonchev–Trinajstić information content (AvgIpc) is 2.46. The first-order valence-electron chi connectivity index (χ1n) is 6.01. The number of rotatable bonds is 4. The van der Waals surface area contributed by atoms with Gasteiger partial charge >= 0.3 is 0 Å². The van der Waals surface area contributed by atoms with Gasteiger partial charge in [-0.2, -0.15) is 0 Å². The molecular weight excluding hydrogens is 278 g/mol. The molecule has 0 heterocycles. The van der Waals surface area contributed by atoms with Crippen molar-refractivity contribution in [2.45, 2.75) is 6.54 Å². The molecule has 4 nitrogen and oxygen atoms in total. The van der Waals surface area contributed by atoms with Crippen molar-refractivity contribution in [1.29, 1.82) is 0 Å². The summed E-state index contributed by atoms with van der Waals surface area (Å²) in [6.07, 6.45) is 0. The van der Waals surface area contributed by atoms with Gasteiger partial charge in [-0.1, -0.05) is 35.9 Å². The number of nitrogens with one attached hydrogen (secondary N) is 1. The predicted molar refractivity (Wildman–Crippen MR) is 77.3 cm³/mol. The summed E-state index contributed by atoms with van der Waals surface area (Å²) in [5.74, 6) is -0.302. The third-order valence-electron chi connectivity index (χ3n) is 2.86. The number of methoxy groups -OCH3 is 1. The molecule has 0 saturated heterocycles. The lowest BCUT2D eigenvalue weighted by molar-refractivity contribution is 0.0947. The lowest BCUT2D eigenvalue weighted by atomic mass is 10.1. The fourth-order valence-electron chi connectivity index (χ4n) is 1.78. The van der Waals surface area contributed by atoms with E-state index in [1.807, 2.05) is 18.2 Å². The molecule has 5 heteroatoms. The molecule has 0 fully saturated rings. The Kier molecular flexibility index (Phi) is 4.48. The molecule has 0 aromatic heterocycles. The van der Waals surface area contributed by atoms with Gasteiger partial charge in [-0.05, 0) is 23.8 Å². The van der Waals surface area contributed by atoms with Crippen molar-refractivity contribution in [3.05, 3.63) is 58.6 Å². The average molecular weight is 292 g/mol. The number of benzene rings is 2. The van der Waals surface area contributed by atoms with E-state index >= 15 is 0 Å². The zero-order valence-electron chi connectivity index (χ0n) is 10.9. The Balaban J connectivity index is 2.12. The molecule has 0 atom stereocenters. The van der Waals surface area contributed by atoms with Crippen LogP contribution in [0.15, 0.2) is 42.5 Å². The van der Waals surface area contributed by atoms with Gasteiger partial charge in [-0.25, -0.2) is 0 Å². The third-order valence-corrected chi connectivity index (χ3v) is 3.23. The number of ether oxygens (including phenoxy) is 1. The number of hydrogen-bond acceptors (Lipinski definition) is 3. The summed E-state index contributed by atoms with van der Waals surface area (Å²) in [5, 5.41) is 13.2. The van der Waals surface area contributed by atoms with Crippen LogP contribution < -0.4 is 10.1 Å². The van der Waals surface area contributed by atoms with Crippen LogP contribution in [0.1, 0.15) is 15.9 Å². The van der Waals surface area contributed by atoms with Crippen molar-refractivity contribution >= 4 is 17.5 Å². The van der Waals surface area contributed by atoms with Crippen molar-refractivity contribution in [2.24, 2.45) is 0 Å². The summed E-state index contributed by atoms with van der Waals surface area (Å²) in [5.41, 5.74) is 0.973. The molecule has 0 radical (unpaired) electrons. The number of amides is 1. The minimum absolute atomic E-state index is 0.163. The monoisotopic (exact) mass is 291 g/mol. The van der Waals surface area contributed by atoms with Gasteiger partial charge < -0.3 is 15.2 Å². The van der Waals surface area contributed by atoms with E-state index in [1.165, 1.54) is 13.2 Å². The van der Waals surface area contributed by atoms with E-state index in [2.05, 4.69) is 5.32 Å². The number of para-hydroxylation sites is 1. The first-order valence-corrected chi connectivity index (χ1v) is 6.39. The molecule has 0 bridgehead atoms. The molecule has 2 N–H and O–H groups in total. The van der Waals surface area contributed by atoms with Crippen LogP contribution in [0, 0.1) is 0 Å². The van der Waals surface area contributed by atoms with E-state index in [0.29, 0.717) is 5.02 Å². The normalized spacial score (nSPS) is 10.1. The van der Waals surface area contributed by atoms with Gasteiger partial charge in [-0.15, -0.1) is 0 Å². The summed E-state index contributed by atoms with van der Waals surface area (Å²) in [6.45, 7) is 0.287. The van der Waals surface area contributed by atoms with Crippen molar-refractivity contribution in [1.82, 2.24) is 5.32 Å². The highest BCUT2D eigenvalue weighted by Gasteiger charge is 2.14. The quantitative estimate of drug-likeness (QED) is 0.910. The van der Waals surface area contributed by atoms with Gasteiger partial charge in [0.15, 0.2) is 11.5 Å². The first kappa shape index (κ1) is 14.2. The summed E-state index contributed by atoms with van der Waals surface area (Å²) in [6, 6.07) is 12.0. The van der Waals surface area contributed by atoms with Crippen molar-refractivity contribution in [3.63, 3.8) is 0 Å². The van der Waals surface area contributed by atoms with E-state index in [-0.39, 0.29) is 29.5 Å². The van der Waals surface area contributed by atoms with Crippen LogP contribution in [-0.2, 0) is 6.54 Å². The van der Waals surface area contributed by atoms with Gasteiger partial charge in [0.1, 0.15) is 0 Å². The predicted octanol–water partition coefficient (Wildman–Crippen LogP) is 2.98. The standard InChI is InChI=1S/C15H14ClNO3/c1-20-13-8-4-6-11(14(13)18)15(19)17-9-10-5-2-3-7-12(10)16/h2-8,18H,9H2,1H3,(H,17,19). The second-order valence-corrected chi connectivity index (χ2v) is 4.54. The molecular formula is C15H14ClNO3. The SMILES string of the molecule is COc1cccc(C(=O)NCc2ccccc2Cl)c1O. The largest absolute Gasteiger partial charge is 0.504 e. The Morgan fingerprint density at radius 2 is 2.00 bits per heavy atom. The van der Waals surface area contributed by atoms with Crippen LogP contribution in [0.3, 0.4) is 0 Å². The third kappa shape index (κ3) is 3.03. The lowest BCUT2D eigenvalue weighted by Crippen LogP contribution is -2.23. The molecule has 0 aliphatic carbocycles. The molecule has 0 aliphatic rings. The number of carbonyl (C=O) groups excluding carboxylic acids is 1. The number of halogens is 1. The van der Waals surface area contributed by atoms with E-state index in [0.717, 1.165) is 5.56 Å². The van der Waals surface area contributed by atoms with Gasteiger partial charge in [0.05, 0.1) is 12.7 Å². The van der Waals surface area contributed by atoms with Crippen LogP contribution >= 0.6 is 11.6 Å². The summed E-state index contributed by atoms with van der Waals surface area (Å²) in [7, 11) is 1.43. The van der Waals surface area contributed by atoms with Gasteiger partial charge in [0.2, 0.25) is 0 Å².